The Kier molecular flexibility index (Phi) is 5.20. The maximum Gasteiger partial charge on any atom is 0.272 e. The molecule has 0 aliphatic carbocycles. The van der Waals surface area contributed by atoms with Crippen molar-refractivity contribution in [2.24, 2.45) is 7.05 Å². The van der Waals surface area contributed by atoms with Gasteiger partial charge in [-0.25, -0.2) is 18.4 Å². The molecule has 1 aliphatic heterocycles. The van der Waals surface area contributed by atoms with Gasteiger partial charge in [0, 0.05) is 38.7 Å². The summed E-state index contributed by atoms with van der Waals surface area (Å²) in [4.78, 5) is 21.1. The van der Waals surface area contributed by atoms with Gasteiger partial charge in [0.05, 0.1) is 11.9 Å². The highest BCUT2D eigenvalue weighted by Crippen LogP contribution is 2.23. The van der Waals surface area contributed by atoms with E-state index in [4.69, 9.17) is 0 Å². The Balaban J connectivity index is 1.50. The van der Waals surface area contributed by atoms with Crippen LogP contribution in [0.25, 0.3) is 5.82 Å². The van der Waals surface area contributed by atoms with Crippen molar-refractivity contribution < 1.29 is 13.2 Å². The normalized spacial score (nSPS) is 15.3. The summed E-state index contributed by atoms with van der Waals surface area (Å²) in [5, 5.41) is 2.76. The third-order valence-electron chi connectivity index (χ3n) is 4.94. The van der Waals surface area contributed by atoms with E-state index in [0.717, 1.165) is 19.3 Å². The molecule has 1 N–H and O–H groups in total. The second-order valence-corrected chi connectivity index (χ2v) is 8.90. The van der Waals surface area contributed by atoms with Gasteiger partial charge in [0.25, 0.3) is 5.91 Å². The monoisotopic (exact) mass is 414 g/mol. The zero-order valence-corrected chi connectivity index (χ0v) is 16.8. The van der Waals surface area contributed by atoms with Crippen molar-refractivity contribution in [3.8, 4) is 5.82 Å². The molecule has 0 radical (unpaired) electrons. The predicted molar refractivity (Wildman–Crippen MR) is 107 cm³/mol. The lowest BCUT2D eigenvalue weighted by atomic mass is 10.2. The van der Waals surface area contributed by atoms with E-state index in [9.17, 15) is 13.2 Å². The number of nitrogens with one attached hydrogen (secondary N) is 1. The predicted octanol–water partition coefficient (Wildman–Crippen LogP) is 2.03. The topological polar surface area (TPSA) is 102 Å². The number of hydrogen-bond donors (Lipinski definition) is 1. The number of hydrogen-bond acceptors (Lipinski definition) is 5. The third-order valence-corrected chi connectivity index (χ3v) is 6.80. The summed E-state index contributed by atoms with van der Waals surface area (Å²) in [7, 11) is -1.93. The van der Waals surface area contributed by atoms with Crippen LogP contribution < -0.4 is 5.32 Å². The van der Waals surface area contributed by atoms with Gasteiger partial charge in [-0.1, -0.05) is 6.42 Å². The second-order valence-electron chi connectivity index (χ2n) is 6.97. The summed E-state index contributed by atoms with van der Waals surface area (Å²) in [5.41, 5.74) is 0.778. The molecule has 152 valence electrons. The minimum atomic E-state index is -3.59. The largest absolute Gasteiger partial charge is 0.345 e. The van der Waals surface area contributed by atoms with Crippen LogP contribution in [0.5, 0.6) is 0 Å². The molecule has 0 atom stereocenters. The molecule has 29 heavy (non-hydrogen) atoms. The molecule has 10 heteroatoms. The Morgan fingerprint density at radius 2 is 1.97 bits per heavy atom. The van der Waals surface area contributed by atoms with Gasteiger partial charge in [0.15, 0.2) is 0 Å². The van der Waals surface area contributed by atoms with Crippen LogP contribution in [0.4, 0.5) is 5.69 Å². The van der Waals surface area contributed by atoms with Crippen molar-refractivity contribution in [1.29, 1.82) is 0 Å². The summed E-state index contributed by atoms with van der Waals surface area (Å²) in [6, 6.07) is 4.91. The van der Waals surface area contributed by atoms with Gasteiger partial charge in [0.1, 0.15) is 22.7 Å². The number of piperidine rings is 1. The van der Waals surface area contributed by atoms with Crippen molar-refractivity contribution >= 4 is 21.6 Å². The Morgan fingerprint density at radius 1 is 1.17 bits per heavy atom. The molecule has 0 bridgehead atoms. The summed E-state index contributed by atoms with van der Waals surface area (Å²) in [5.74, 6) is 0.277. The highest BCUT2D eigenvalue weighted by Gasteiger charge is 2.28. The molecule has 4 rings (SSSR count). The molecule has 0 spiro atoms. The number of aromatic nitrogens is 4. The van der Waals surface area contributed by atoms with Gasteiger partial charge in [-0.15, -0.1) is 0 Å². The zero-order valence-electron chi connectivity index (χ0n) is 16.0. The number of amides is 1. The van der Waals surface area contributed by atoms with E-state index in [-0.39, 0.29) is 10.6 Å². The van der Waals surface area contributed by atoms with Crippen LogP contribution in [0.1, 0.15) is 29.8 Å². The molecule has 3 aromatic rings. The number of aryl methyl sites for hydroxylation is 1. The van der Waals surface area contributed by atoms with Crippen molar-refractivity contribution in [2.75, 3.05) is 18.4 Å². The van der Waals surface area contributed by atoms with Crippen LogP contribution in [0.3, 0.4) is 0 Å². The molecule has 1 amide bonds. The van der Waals surface area contributed by atoms with Gasteiger partial charge in [-0.05, 0) is 31.0 Å². The third kappa shape index (κ3) is 3.94. The van der Waals surface area contributed by atoms with E-state index >= 15 is 0 Å². The number of carbonyl (C=O) groups is 1. The summed E-state index contributed by atoms with van der Waals surface area (Å²) < 4.78 is 30.5. The number of nitrogens with zero attached hydrogens (tertiary/aromatic N) is 5. The Morgan fingerprint density at radius 3 is 2.62 bits per heavy atom. The SMILES string of the molecule is Cn1cc(S(=O)(=O)N2CCCCC2)cc1C(=O)Nc1ccc(-n2ccnc2)nc1. The van der Waals surface area contributed by atoms with E-state index in [0.29, 0.717) is 24.6 Å². The molecule has 0 saturated carbocycles. The first-order chi connectivity index (χ1) is 13.9. The van der Waals surface area contributed by atoms with E-state index in [2.05, 4.69) is 15.3 Å². The Bertz CT molecular complexity index is 1100. The summed E-state index contributed by atoms with van der Waals surface area (Å²) >= 11 is 0. The maximum atomic E-state index is 12.8. The van der Waals surface area contributed by atoms with Crippen molar-refractivity contribution in [3.05, 3.63) is 55.0 Å². The van der Waals surface area contributed by atoms with Crippen LogP contribution in [-0.2, 0) is 17.1 Å². The van der Waals surface area contributed by atoms with Crippen molar-refractivity contribution in [1.82, 2.24) is 23.4 Å². The van der Waals surface area contributed by atoms with Crippen molar-refractivity contribution in [2.45, 2.75) is 24.2 Å². The molecule has 4 heterocycles. The molecule has 3 aromatic heterocycles. The van der Waals surface area contributed by atoms with E-state index in [1.165, 1.54) is 21.1 Å². The fraction of sp³-hybridized carbons (Fsp3) is 0.316. The van der Waals surface area contributed by atoms with E-state index in [1.54, 1.807) is 48.7 Å². The molecule has 0 aromatic carbocycles. The number of carbonyl (C=O) groups excluding carboxylic acids is 1. The van der Waals surface area contributed by atoms with Crippen LogP contribution in [0.2, 0.25) is 0 Å². The Hall–Kier alpha value is -2.98. The zero-order chi connectivity index (χ0) is 20.4. The van der Waals surface area contributed by atoms with Gasteiger partial charge >= 0.3 is 0 Å². The molecular weight excluding hydrogens is 392 g/mol. The first kappa shape index (κ1) is 19.3. The second kappa shape index (κ2) is 7.80. The molecule has 0 unspecified atom stereocenters. The van der Waals surface area contributed by atoms with E-state index < -0.39 is 15.9 Å². The molecule has 1 aliphatic rings. The van der Waals surface area contributed by atoms with Gasteiger partial charge in [-0.2, -0.15) is 4.31 Å². The number of sulfonamides is 1. The Labute approximate surface area is 169 Å². The standard InChI is InChI=1S/C19H22N6O3S/c1-23-13-16(29(27,28)25-8-3-2-4-9-25)11-17(23)19(26)22-15-5-6-18(21-12-15)24-10-7-20-14-24/h5-7,10-14H,2-4,8-9H2,1H3,(H,22,26). The summed E-state index contributed by atoms with van der Waals surface area (Å²) in [6.07, 6.45) is 10.9. The number of imidazole rings is 1. The van der Waals surface area contributed by atoms with Crippen LogP contribution in [0.15, 0.2) is 54.2 Å². The highest BCUT2D eigenvalue weighted by molar-refractivity contribution is 7.89. The van der Waals surface area contributed by atoms with Crippen LogP contribution in [0, 0.1) is 0 Å². The van der Waals surface area contributed by atoms with Crippen LogP contribution >= 0.6 is 0 Å². The lowest BCUT2D eigenvalue weighted by Gasteiger charge is -2.25. The molecule has 9 nitrogen and oxygen atoms in total. The van der Waals surface area contributed by atoms with Gasteiger partial charge in [0.2, 0.25) is 10.0 Å². The van der Waals surface area contributed by atoms with Gasteiger partial charge in [-0.3, -0.25) is 9.36 Å². The molecule has 1 fully saturated rings. The van der Waals surface area contributed by atoms with Gasteiger partial charge < -0.3 is 9.88 Å². The number of anilines is 1. The molecular formula is C19H22N6O3S. The smallest absolute Gasteiger partial charge is 0.272 e. The minimum Gasteiger partial charge on any atom is -0.345 e. The first-order valence-corrected chi connectivity index (χ1v) is 10.8. The first-order valence-electron chi connectivity index (χ1n) is 9.37. The number of rotatable bonds is 5. The quantitative estimate of drug-likeness (QED) is 0.688. The average Bonchev–Trinajstić information content (AvgIpc) is 3.39. The van der Waals surface area contributed by atoms with Crippen LogP contribution in [-0.4, -0.2) is 50.8 Å². The lowest BCUT2D eigenvalue weighted by Crippen LogP contribution is -2.35. The molecule has 1 saturated heterocycles. The highest BCUT2D eigenvalue weighted by atomic mass is 32.2. The fourth-order valence-electron chi connectivity index (χ4n) is 3.36. The average molecular weight is 414 g/mol. The number of pyridine rings is 1. The van der Waals surface area contributed by atoms with E-state index in [1.807, 2.05) is 0 Å². The maximum absolute atomic E-state index is 12.8. The summed E-state index contributed by atoms with van der Waals surface area (Å²) in [6.45, 7) is 1.04. The fourth-order valence-corrected chi connectivity index (χ4v) is 4.95. The lowest BCUT2D eigenvalue weighted by molar-refractivity contribution is 0.101. The van der Waals surface area contributed by atoms with Crippen molar-refractivity contribution in [3.63, 3.8) is 0 Å². The minimum absolute atomic E-state index is 0.139.